The molecule has 1 amide bonds. The number of amides is 1. The highest BCUT2D eigenvalue weighted by molar-refractivity contribution is 7.17. The third-order valence-corrected chi connectivity index (χ3v) is 5.17. The van der Waals surface area contributed by atoms with Crippen molar-refractivity contribution >= 4 is 28.0 Å². The van der Waals surface area contributed by atoms with Crippen LogP contribution in [0.4, 0.5) is 5.00 Å². The van der Waals surface area contributed by atoms with Crippen molar-refractivity contribution < 1.29 is 9.59 Å². The molecule has 0 unspecified atom stereocenters. The van der Waals surface area contributed by atoms with E-state index >= 15 is 0 Å². The molecule has 0 bridgehead atoms. The van der Waals surface area contributed by atoms with Crippen LogP contribution in [0.1, 0.15) is 39.2 Å². The highest BCUT2D eigenvalue weighted by atomic mass is 32.1. The Labute approximate surface area is 143 Å². The lowest BCUT2D eigenvalue weighted by Crippen LogP contribution is -2.16. The lowest BCUT2D eigenvalue weighted by Gasteiger charge is -2.12. The summed E-state index contributed by atoms with van der Waals surface area (Å²) in [7, 11) is 0. The van der Waals surface area contributed by atoms with E-state index in [2.05, 4.69) is 15.3 Å². The van der Waals surface area contributed by atoms with Crippen molar-refractivity contribution in [3.63, 3.8) is 0 Å². The minimum Gasteiger partial charge on any atom is -0.317 e. The second-order valence-electron chi connectivity index (χ2n) is 5.55. The van der Waals surface area contributed by atoms with Crippen molar-refractivity contribution in [2.45, 2.75) is 25.7 Å². The fourth-order valence-electron chi connectivity index (χ4n) is 2.89. The molecule has 1 heterocycles. The average Bonchev–Trinajstić information content (AvgIpc) is 2.97. The predicted molar refractivity (Wildman–Crippen MR) is 93.5 cm³/mol. The molecule has 1 N–H and O–H groups in total. The standard InChI is InChI=1S/C17H16N4O2S/c18-21-19-10-14(22)20-17-15(12-8-4-5-9-13(12)24-17)16(23)11-6-2-1-3-7-11/h1-3,6-7H,4-5,8-10H2,(H,20,22). The van der Waals surface area contributed by atoms with Gasteiger partial charge in [-0.1, -0.05) is 35.4 Å². The number of hydrogen-bond acceptors (Lipinski definition) is 4. The zero-order valence-electron chi connectivity index (χ0n) is 13.0. The number of thiophene rings is 1. The molecular weight excluding hydrogens is 324 g/mol. The van der Waals surface area contributed by atoms with Crippen molar-refractivity contribution in [3.05, 3.63) is 62.3 Å². The van der Waals surface area contributed by atoms with Crippen LogP contribution in [0.2, 0.25) is 0 Å². The quantitative estimate of drug-likeness (QED) is 0.384. The number of aryl methyl sites for hydroxylation is 1. The first kappa shape index (κ1) is 16.2. The maximum Gasteiger partial charge on any atom is 0.230 e. The van der Waals surface area contributed by atoms with Gasteiger partial charge in [-0.25, -0.2) is 0 Å². The van der Waals surface area contributed by atoms with Crippen LogP contribution in [-0.4, -0.2) is 18.2 Å². The van der Waals surface area contributed by atoms with Gasteiger partial charge in [-0.2, -0.15) is 0 Å². The molecule has 0 fully saturated rings. The van der Waals surface area contributed by atoms with Gasteiger partial charge in [-0.15, -0.1) is 11.3 Å². The molecule has 0 atom stereocenters. The second-order valence-corrected chi connectivity index (χ2v) is 6.65. The molecule has 1 aliphatic carbocycles. The fraction of sp³-hybridized carbons (Fsp3) is 0.294. The molecule has 2 aromatic rings. The second kappa shape index (κ2) is 7.29. The molecule has 1 aliphatic rings. The van der Waals surface area contributed by atoms with Gasteiger partial charge in [0, 0.05) is 15.4 Å². The summed E-state index contributed by atoms with van der Waals surface area (Å²) in [5.41, 5.74) is 10.6. The molecule has 6 nitrogen and oxygen atoms in total. The summed E-state index contributed by atoms with van der Waals surface area (Å²) in [5, 5.41) is 6.58. The van der Waals surface area contributed by atoms with Crippen LogP contribution in [0.5, 0.6) is 0 Å². The van der Waals surface area contributed by atoms with Crippen LogP contribution in [0.25, 0.3) is 10.4 Å². The van der Waals surface area contributed by atoms with E-state index in [1.54, 1.807) is 12.1 Å². The average molecular weight is 340 g/mol. The third kappa shape index (κ3) is 3.32. The zero-order chi connectivity index (χ0) is 16.9. The molecule has 122 valence electrons. The Balaban J connectivity index is 1.99. The van der Waals surface area contributed by atoms with E-state index in [1.165, 1.54) is 16.2 Å². The van der Waals surface area contributed by atoms with E-state index in [4.69, 9.17) is 5.53 Å². The number of anilines is 1. The van der Waals surface area contributed by atoms with Gasteiger partial charge in [-0.3, -0.25) is 9.59 Å². The Bertz CT molecular complexity index is 823. The maximum absolute atomic E-state index is 13.0. The molecule has 0 saturated carbocycles. The van der Waals surface area contributed by atoms with E-state index < -0.39 is 5.91 Å². The number of fused-ring (bicyclic) bond motifs is 1. The van der Waals surface area contributed by atoms with E-state index in [0.717, 1.165) is 31.2 Å². The Hall–Kier alpha value is -2.63. The number of carbonyl (C=O) groups excluding carboxylic acids is 2. The highest BCUT2D eigenvalue weighted by Gasteiger charge is 2.26. The largest absolute Gasteiger partial charge is 0.317 e. The summed E-state index contributed by atoms with van der Waals surface area (Å²) in [6.07, 6.45) is 3.93. The van der Waals surface area contributed by atoms with Gasteiger partial charge < -0.3 is 5.32 Å². The third-order valence-electron chi connectivity index (χ3n) is 3.96. The van der Waals surface area contributed by atoms with E-state index in [1.807, 2.05) is 18.2 Å². The number of nitrogens with zero attached hydrogens (tertiary/aromatic N) is 3. The first-order chi connectivity index (χ1) is 11.7. The number of ketones is 1. The van der Waals surface area contributed by atoms with Crippen LogP contribution in [0.15, 0.2) is 35.4 Å². The van der Waals surface area contributed by atoms with Gasteiger partial charge in [-0.05, 0) is 36.8 Å². The first-order valence-electron chi connectivity index (χ1n) is 7.75. The first-order valence-corrected chi connectivity index (χ1v) is 8.57. The molecule has 1 aromatic heterocycles. The smallest absolute Gasteiger partial charge is 0.230 e. The molecule has 24 heavy (non-hydrogen) atoms. The minimum absolute atomic E-state index is 0.0749. The number of hydrogen-bond donors (Lipinski definition) is 1. The fourth-order valence-corrected chi connectivity index (χ4v) is 4.19. The Morgan fingerprint density at radius 2 is 1.96 bits per heavy atom. The summed E-state index contributed by atoms with van der Waals surface area (Å²) in [4.78, 5) is 28.6. The molecule has 0 spiro atoms. The van der Waals surface area contributed by atoms with Gasteiger partial charge in [0.05, 0.1) is 5.56 Å². The summed E-state index contributed by atoms with van der Waals surface area (Å²) in [6.45, 7) is -0.280. The lowest BCUT2D eigenvalue weighted by atomic mass is 9.92. The molecule has 0 aliphatic heterocycles. The van der Waals surface area contributed by atoms with Crippen LogP contribution in [-0.2, 0) is 17.6 Å². The van der Waals surface area contributed by atoms with E-state index in [-0.39, 0.29) is 12.3 Å². The Kier molecular flexibility index (Phi) is 4.93. The number of nitrogens with one attached hydrogen (secondary N) is 1. The molecule has 3 rings (SSSR count). The summed E-state index contributed by atoms with van der Waals surface area (Å²) in [5.74, 6) is -0.484. The van der Waals surface area contributed by atoms with E-state index in [9.17, 15) is 9.59 Å². The van der Waals surface area contributed by atoms with Gasteiger partial charge >= 0.3 is 0 Å². The normalized spacial score (nSPS) is 12.8. The van der Waals surface area contributed by atoms with Crippen LogP contribution < -0.4 is 5.32 Å². The molecule has 0 saturated heterocycles. The van der Waals surface area contributed by atoms with E-state index in [0.29, 0.717) is 16.1 Å². The van der Waals surface area contributed by atoms with Crippen molar-refractivity contribution in [3.8, 4) is 0 Å². The predicted octanol–water partition coefficient (Wildman–Crippen LogP) is 4.11. The van der Waals surface area contributed by atoms with Crippen molar-refractivity contribution in [1.82, 2.24) is 0 Å². The highest BCUT2D eigenvalue weighted by Crippen LogP contribution is 2.39. The summed E-state index contributed by atoms with van der Waals surface area (Å²) < 4.78 is 0. The SMILES string of the molecule is [N-]=[N+]=NCC(=O)Nc1sc2c(c1C(=O)c1ccccc1)CCCC2. The van der Waals surface area contributed by atoms with Crippen molar-refractivity contribution in [2.24, 2.45) is 5.11 Å². The Morgan fingerprint density at radius 3 is 2.71 bits per heavy atom. The lowest BCUT2D eigenvalue weighted by molar-refractivity contribution is -0.114. The van der Waals surface area contributed by atoms with Gasteiger partial charge in [0.2, 0.25) is 5.91 Å². The monoisotopic (exact) mass is 340 g/mol. The van der Waals surface area contributed by atoms with Gasteiger partial charge in [0.15, 0.2) is 5.78 Å². The molecule has 7 heteroatoms. The summed E-state index contributed by atoms with van der Waals surface area (Å²) >= 11 is 1.46. The van der Waals surface area contributed by atoms with Crippen molar-refractivity contribution in [2.75, 3.05) is 11.9 Å². The molecule has 0 radical (unpaired) electrons. The van der Waals surface area contributed by atoms with Gasteiger partial charge in [0.1, 0.15) is 11.5 Å². The van der Waals surface area contributed by atoms with Crippen LogP contribution >= 0.6 is 11.3 Å². The molecule has 1 aromatic carbocycles. The van der Waals surface area contributed by atoms with Crippen LogP contribution in [0, 0.1) is 0 Å². The van der Waals surface area contributed by atoms with Gasteiger partial charge in [0.25, 0.3) is 0 Å². The number of benzene rings is 1. The maximum atomic E-state index is 13.0. The number of azide groups is 1. The Morgan fingerprint density at radius 1 is 1.21 bits per heavy atom. The topological polar surface area (TPSA) is 94.9 Å². The number of rotatable bonds is 5. The number of carbonyl (C=O) groups is 2. The zero-order valence-corrected chi connectivity index (χ0v) is 13.8. The summed E-state index contributed by atoms with van der Waals surface area (Å²) in [6, 6.07) is 9.07. The van der Waals surface area contributed by atoms with Crippen LogP contribution in [0.3, 0.4) is 0 Å². The molecular formula is C17H16N4O2S. The minimum atomic E-state index is -0.409. The van der Waals surface area contributed by atoms with Crippen molar-refractivity contribution in [1.29, 1.82) is 0 Å².